The van der Waals surface area contributed by atoms with E-state index in [2.05, 4.69) is 17.6 Å². The molecule has 0 spiro atoms. The first-order chi connectivity index (χ1) is 9.15. The van der Waals surface area contributed by atoms with Gasteiger partial charge in [-0.15, -0.1) is 0 Å². The Bertz CT molecular complexity index is 379. The van der Waals surface area contributed by atoms with E-state index in [1.54, 1.807) is 31.4 Å². The summed E-state index contributed by atoms with van der Waals surface area (Å²) in [6.45, 7) is 3.46. The van der Waals surface area contributed by atoms with Crippen LogP contribution >= 0.6 is 0 Å². The van der Waals surface area contributed by atoms with Gasteiger partial charge in [0, 0.05) is 12.2 Å². The van der Waals surface area contributed by atoms with Crippen molar-refractivity contribution in [3.63, 3.8) is 0 Å². The minimum absolute atomic E-state index is 0.189. The van der Waals surface area contributed by atoms with E-state index in [0.717, 1.165) is 24.3 Å². The molecule has 19 heavy (non-hydrogen) atoms. The Morgan fingerprint density at radius 2 is 2.05 bits per heavy atom. The number of urea groups is 1. The first-order valence-corrected chi connectivity index (χ1v) is 6.54. The predicted molar refractivity (Wildman–Crippen MR) is 77.5 cm³/mol. The second-order valence-electron chi connectivity index (χ2n) is 4.59. The van der Waals surface area contributed by atoms with Crippen molar-refractivity contribution in [1.82, 2.24) is 5.32 Å². The van der Waals surface area contributed by atoms with Gasteiger partial charge in [0.25, 0.3) is 0 Å². The molecule has 0 heterocycles. The van der Waals surface area contributed by atoms with Crippen LogP contribution in [-0.4, -0.2) is 26.2 Å². The predicted octanol–water partition coefficient (Wildman–Crippen LogP) is 2.19. The van der Waals surface area contributed by atoms with Crippen molar-refractivity contribution in [1.29, 1.82) is 0 Å². The molecule has 5 nitrogen and oxygen atoms in total. The van der Waals surface area contributed by atoms with E-state index < -0.39 is 0 Å². The fourth-order valence-electron chi connectivity index (χ4n) is 1.62. The largest absolute Gasteiger partial charge is 0.497 e. The molecular weight excluding hydrogens is 242 g/mol. The lowest BCUT2D eigenvalue weighted by Crippen LogP contribution is -2.29. The summed E-state index contributed by atoms with van der Waals surface area (Å²) in [6, 6.07) is 7.02. The molecule has 0 saturated heterocycles. The summed E-state index contributed by atoms with van der Waals surface area (Å²) in [6.07, 6.45) is 1.97. The van der Waals surface area contributed by atoms with Gasteiger partial charge in [-0.2, -0.15) is 0 Å². The summed E-state index contributed by atoms with van der Waals surface area (Å²) in [5.74, 6) is 1.27. The third kappa shape index (κ3) is 6.10. The third-order valence-corrected chi connectivity index (χ3v) is 2.91. The summed E-state index contributed by atoms with van der Waals surface area (Å²) in [5, 5.41) is 5.58. The fourth-order valence-corrected chi connectivity index (χ4v) is 1.62. The quantitative estimate of drug-likeness (QED) is 0.661. The summed E-state index contributed by atoms with van der Waals surface area (Å²) in [7, 11) is 1.61. The maximum absolute atomic E-state index is 11.6. The van der Waals surface area contributed by atoms with Gasteiger partial charge in [0.2, 0.25) is 0 Å². The zero-order chi connectivity index (χ0) is 14.1. The molecule has 1 rings (SSSR count). The molecule has 1 atom stereocenters. The van der Waals surface area contributed by atoms with Gasteiger partial charge in [-0.25, -0.2) is 4.79 Å². The average molecular weight is 265 g/mol. The molecule has 0 radical (unpaired) electrons. The number of anilines is 1. The number of benzene rings is 1. The number of nitrogens with two attached hydrogens (primary N) is 1. The van der Waals surface area contributed by atoms with Gasteiger partial charge < -0.3 is 21.1 Å². The van der Waals surface area contributed by atoms with E-state index in [1.807, 2.05) is 0 Å². The number of nitrogens with one attached hydrogen (secondary N) is 2. The van der Waals surface area contributed by atoms with Gasteiger partial charge in [0.05, 0.1) is 7.11 Å². The van der Waals surface area contributed by atoms with Crippen LogP contribution in [0.3, 0.4) is 0 Å². The molecule has 0 aromatic heterocycles. The molecule has 0 saturated carbocycles. The molecule has 0 aliphatic heterocycles. The third-order valence-electron chi connectivity index (χ3n) is 2.91. The van der Waals surface area contributed by atoms with E-state index in [4.69, 9.17) is 10.5 Å². The number of methoxy groups -OCH3 is 1. The Morgan fingerprint density at radius 3 is 2.63 bits per heavy atom. The van der Waals surface area contributed by atoms with Gasteiger partial charge in [-0.1, -0.05) is 6.92 Å². The van der Waals surface area contributed by atoms with Crippen LogP contribution in [0.1, 0.15) is 19.8 Å². The van der Waals surface area contributed by atoms with Gasteiger partial charge in [0.15, 0.2) is 0 Å². The van der Waals surface area contributed by atoms with Crippen molar-refractivity contribution >= 4 is 11.7 Å². The number of ether oxygens (including phenoxy) is 1. The van der Waals surface area contributed by atoms with Gasteiger partial charge in [-0.3, -0.25) is 0 Å². The normalized spacial score (nSPS) is 11.7. The van der Waals surface area contributed by atoms with Crippen molar-refractivity contribution in [2.45, 2.75) is 19.8 Å². The zero-order valence-corrected chi connectivity index (χ0v) is 11.6. The Labute approximate surface area is 114 Å². The lowest BCUT2D eigenvalue weighted by atomic mass is 10.1. The second-order valence-corrected chi connectivity index (χ2v) is 4.59. The average Bonchev–Trinajstić information content (AvgIpc) is 2.44. The van der Waals surface area contributed by atoms with Crippen LogP contribution in [0.25, 0.3) is 0 Å². The molecule has 106 valence electrons. The number of amides is 2. The highest BCUT2D eigenvalue weighted by molar-refractivity contribution is 5.89. The lowest BCUT2D eigenvalue weighted by Gasteiger charge is -2.10. The summed E-state index contributed by atoms with van der Waals surface area (Å²) >= 11 is 0. The second kappa shape index (κ2) is 8.37. The van der Waals surface area contributed by atoms with Crippen LogP contribution in [0.5, 0.6) is 5.75 Å². The van der Waals surface area contributed by atoms with Gasteiger partial charge in [0.1, 0.15) is 5.75 Å². The Kier molecular flexibility index (Phi) is 6.74. The summed E-state index contributed by atoms with van der Waals surface area (Å²) in [4.78, 5) is 11.6. The molecule has 2 amide bonds. The molecule has 0 aliphatic rings. The van der Waals surface area contributed by atoms with Gasteiger partial charge >= 0.3 is 6.03 Å². The van der Waals surface area contributed by atoms with E-state index in [9.17, 15) is 4.79 Å². The number of hydrogen-bond acceptors (Lipinski definition) is 3. The fraction of sp³-hybridized carbons (Fsp3) is 0.500. The van der Waals surface area contributed by atoms with Crippen molar-refractivity contribution < 1.29 is 9.53 Å². The Hall–Kier alpha value is -1.75. The van der Waals surface area contributed by atoms with Crippen molar-refractivity contribution in [3.05, 3.63) is 24.3 Å². The highest BCUT2D eigenvalue weighted by Gasteiger charge is 2.02. The monoisotopic (exact) mass is 265 g/mol. The molecule has 5 heteroatoms. The van der Waals surface area contributed by atoms with E-state index in [1.165, 1.54) is 0 Å². The minimum atomic E-state index is -0.189. The van der Waals surface area contributed by atoms with Gasteiger partial charge in [-0.05, 0) is 49.6 Å². The smallest absolute Gasteiger partial charge is 0.319 e. The number of rotatable bonds is 7. The zero-order valence-electron chi connectivity index (χ0n) is 11.6. The van der Waals surface area contributed by atoms with Crippen LogP contribution in [0.4, 0.5) is 10.5 Å². The minimum Gasteiger partial charge on any atom is -0.497 e. The molecule has 1 aromatic carbocycles. The number of carbonyl (C=O) groups is 1. The maximum atomic E-state index is 11.6. The lowest BCUT2D eigenvalue weighted by molar-refractivity contribution is 0.251. The molecule has 0 fully saturated rings. The summed E-state index contributed by atoms with van der Waals surface area (Å²) in [5.41, 5.74) is 6.27. The molecule has 4 N–H and O–H groups in total. The summed E-state index contributed by atoms with van der Waals surface area (Å²) < 4.78 is 5.05. The highest BCUT2D eigenvalue weighted by Crippen LogP contribution is 2.14. The van der Waals surface area contributed by atoms with Crippen LogP contribution in [0, 0.1) is 5.92 Å². The van der Waals surface area contributed by atoms with Crippen molar-refractivity contribution in [3.8, 4) is 5.75 Å². The van der Waals surface area contributed by atoms with E-state index in [0.29, 0.717) is 19.0 Å². The maximum Gasteiger partial charge on any atom is 0.319 e. The van der Waals surface area contributed by atoms with Crippen LogP contribution in [0.15, 0.2) is 24.3 Å². The molecule has 0 aliphatic carbocycles. The number of hydrogen-bond donors (Lipinski definition) is 3. The number of carbonyl (C=O) groups excluding carboxylic acids is 1. The topological polar surface area (TPSA) is 76.4 Å². The van der Waals surface area contributed by atoms with Crippen molar-refractivity contribution in [2.75, 3.05) is 25.5 Å². The van der Waals surface area contributed by atoms with Crippen LogP contribution in [-0.2, 0) is 0 Å². The highest BCUT2D eigenvalue weighted by atomic mass is 16.5. The molecule has 1 aromatic rings. The first-order valence-electron chi connectivity index (χ1n) is 6.54. The Balaban J connectivity index is 2.23. The Morgan fingerprint density at radius 1 is 1.37 bits per heavy atom. The first kappa shape index (κ1) is 15.3. The molecule has 1 unspecified atom stereocenters. The van der Waals surface area contributed by atoms with Crippen LogP contribution < -0.4 is 21.1 Å². The molecular formula is C14H23N3O2. The van der Waals surface area contributed by atoms with E-state index in [-0.39, 0.29) is 6.03 Å². The SMILES string of the molecule is COc1ccc(NC(=O)NCCCC(C)CN)cc1. The van der Waals surface area contributed by atoms with Crippen LogP contribution in [0.2, 0.25) is 0 Å². The van der Waals surface area contributed by atoms with Crippen molar-refractivity contribution in [2.24, 2.45) is 11.7 Å². The molecule has 0 bridgehead atoms. The van der Waals surface area contributed by atoms with E-state index >= 15 is 0 Å². The standard InChI is InChI=1S/C14H23N3O2/c1-11(10-15)4-3-9-16-14(18)17-12-5-7-13(19-2)8-6-12/h5-8,11H,3-4,9-10,15H2,1-2H3,(H2,16,17,18).